The van der Waals surface area contributed by atoms with Crippen molar-refractivity contribution in [1.29, 1.82) is 0 Å². The Morgan fingerprint density at radius 1 is 1.05 bits per heavy atom. The fourth-order valence-electron chi connectivity index (χ4n) is 1.58. The Balaban J connectivity index is 1.85. The molecule has 0 unspecified atom stereocenters. The molecule has 5 nitrogen and oxygen atoms in total. The summed E-state index contributed by atoms with van der Waals surface area (Å²) in [4.78, 5) is 23.3. The number of amides is 2. The zero-order valence-corrected chi connectivity index (χ0v) is 10.7. The second-order valence-corrected chi connectivity index (χ2v) is 4.10. The van der Waals surface area contributed by atoms with Crippen molar-refractivity contribution in [2.24, 2.45) is 0 Å². The van der Waals surface area contributed by atoms with Gasteiger partial charge in [-0.15, -0.1) is 0 Å². The SMILES string of the molecule is Nc1cccc(OCC(=O)NC(=O)c2ccccc2)c1. The van der Waals surface area contributed by atoms with E-state index in [0.29, 0.717) is 17.0 Å². The lowest BCUT2D eigenvalue weighted by atomic mass is 10.2. The van der Waals surface area contributed by atoms with Crippen LogP contribution in [0.5, 0.6) is 5.75 Å². The fourth-order valence-corrected chi connectivity index (χ4v) is 1.58. The normalized spacial score (nSPS) is 9.80. The molecule has 20 heavy (non-hydrogen) atoms. The molecule has 0 fully saturated rings. The summed E-state index contributed by atoms with van der Waals surface area (Å²) in [7, 11) is 0. The molecule has 3 N–H and O–H groups in total. The van der Waals surface area contributed by atoms with E-state index in [4.69, 9.17) is 10.5 Å². The number of carbonyl (C=O) groups is 2. The van der Waals surface area contributed by atoms with Gasteiger partial charge in [0.1, 0.15) is 5.75 Å². The number of imide groups is 1. The number of nitrogens with one attached hydrogen (secondary N) is 1. The van der Waals surface area contributed by atoms with E-state index in [2.05, 4.69) is 5.32 Å². The van der Waals surface area contributed by atoms with E-state index in [0.717, 1.165) is 0 Å². The molecule has 2 aromatic carbocycles. The number of anilines is 1. The van der Waals surface area contributed by atoms with Crippen LogP contribution in [0.3, 0.4) is 0 Å². The minimum atomic E-state index is -0.513. The minimum Gasteiger partial charge on any atom is -0.484 e. The number of hydrogen-bond donors (Lipinski definition) is 2. The third-order valence-electron chi connectivity index (χ3n) is 2.52. The zero-order chi connectivity index (χ0) is 14.4. The molecule has 0 saturated heterocycles. The molecule has 0 aromatic heterocycles. The summed E-state index contributed by atoms with van der Waals surface area (Å²) < 4.78 is 5.24. The first kappa shape index (κ1) is 13.6. The van der Waals surface area contributed by atoms with E-state index in [-0.39, 0.29) is 6.61 Å². The highest BCUT2D eigenvalue weighted by Gasteiger charge is 2.10. The van der Waals surface area contributed by atoms with E-state index < -0.39 is 11.8 Å². The fraction of sp³-hybridized carbons (Fsp3) is 0.0667. The van der Waals surface area contributed by atoms with Gasteiger partial charge in [-0.1, -0.05) is 24.3 Å². The average molecular weight is 270 g/mol. The van der Waals surface area contributed by atoms with Crippen molar-refractivity contribution in [3.8, 4) is 5.75 Å². The Hall–Kier alpha value is -2.82. The maximum absolute atomic E-state index is 11.7. The first-order chi connectivity index (χ1) is 9.65. The summed E-state index contributed by atoms with van der Waals surface area (Å²) in [5.41, 5.74) is 6.55. The molecule has 5 heteroatoms. The topological polar surface area (TPSA) is 81.4 Å². The molecule has 2 amide bonds. The quantitative estimate of drug-likeness (QED) is 0.827. The second kappa shape index (κ2) is 6.38. The Labute approximate surface area is 116 Å². The van der Waals surface area contributed by atoms with Crippen LogP contribution in [0, 0.1) is 0 Å². The summed E-state index contributed by atoms with van der Waals surface area (Å²) in [6, 6.07) is 15.2. The maximum Gasteiger partial charge on any atom is 0.264 e. The summed E-state index contributed by atoms with van der Waals surface area (Å²) in [5.74, 6) is -0.486. The third-order valence-corrected chi connectivity index (χ3v) is 2.52. The molecule has 0 spiro atoms. The van der Waals surface area contributed by atoms with E-state index in [9.17, 15) is 9.59 Å². The van der Waals surface area contributed by atoms with Crippen LogP contribution in [0.2, 0.25) is 0 Å². The number of nitrogen functional groups attached to an aromatic ring is 1. The van der Waals surface area contributed by atoms with Crippen molar-refractivity contribution >= 4 is 17.5 Å². The molecule has 2 aromatic rings. The van der Waals surface area contributed by atoms with E-state index in [1.54, 1.807) is 54.6 Å². The van der Waals surface area contributed by atoms with Gasteiger partial charge in [-0.25, -0.2) is 0 Å². The van der Waals surface area contributed by atoms with Crippen LogP contribution in [-0.4, -0.2) is 18.4 Å². The van der Waals surface area contributed by atoms with Gasteiger partial charge in [0.05, 0.1) is 0 Å². The van der Waals surface area contributed by atoms with Gasteiger partial charge in [0.15, 0.2) is 6.61 Å². The number of nitrogens with two attached hydrogens (primary N) is 1. The molecule has 0 aliphatic heterocycles. The molecule has 0 radical (unpaired) electrons. The van der Waals surface area contributed by atoms with Crippen LogP contribution in [0.15, 0.2) is 54.6 Å². The highest BCUT2D eigenvalue weighted by Crippen LogP contribution is 2.13. The van der Waals surface area contributed by atoms with Gasteiger partial charge in [-0.2, -0.15) is 0 Å². The smallest absolute Gasteiger partial charge is 0.264 e. The second-order valence-electron chi connectivity index (χ2n) is 4.10. The minimum absolute atomic E-state index is 0.248. The maximum atomic E-state index is 11.7. The van der Waals surface area contributed by atoms with Crippen molar-refractivity contribution in [1.82, 2.24) is 5.32 Å². The van der Waals surface area contributed by atoms with E-state index in [1.807, 2.05) is 0 Å². The molecule has 0 bridgehead atoms. The molecule has 0 aliphatic carbocycles. The van der Waals surface area contributed by atoms with Crippen LogP contribution < -0.4 is 15.8 Å². The predicted molar refractivity (Wildman–Crippen MR) is 75.3 cm³/mol. The average Bonchev–Trinajstić information content (AvgIpc) is 2.46. The van der Waals surface area contributed by atoms with Gasteiger partial charge < -0.3 is 10.5 Å². The lowest BCUT2D eigenvalue weighted by molar-refractivity contribution is -0.122. The summed E-state index contributed by atoms with van der Waals surface area (Å²) in [6.45, 7) is -0.248. The number of ether oxygens (including phenoxy) is 1. The van der Waals surface area contributed by atoms with Crippen molar-refractivity contribution in [3.05, 3.63) is 60.2 Å². The largest absolute Gasteiger partial charge is 0.484 e. The molecule has 0 aliphatic rings. The predicted octanol–water partition coefficient (Wildman–Crippen LogP) is 1.60. The number of carbonyl (C=O) groups excluding carboxylic acids is 2. The summed E-state index contributed by atoms with van der Waals surface area (Å²) in [5, 5.41) is 2.25. The molecule has 102 valence electrons. The molecular formula is C15H14N2O3. The van der Waals surface area contributed by atoms with Gasteiger partial charge >= 0.3 is 0 Å². The monoisotopic (exact) mass is 270 g/mol. The first-order valence-corrected chi connectivity index (χ1v) is 6.03. The van der Waals surface area contributed by atoms with Crippen LogP contribution in [-0.2, 0) is 4.79 Å². The Morgan fingerprint density at radius 3 is 2.50 bits per heavy atom. The summed E-state index contributed by atoms with van der Waals surface area (Å²) in [6.07, 6.45) is 0. The third kappa shape index (κ3) is 3.84. The lowest BCUT2D eigenvalue weighted by Gasteiger charge is -2.07. The molecule has 2 rings (SSSR count). The van der Waals surface area contributed by atoms with E-state index in [1.165, 1.54) is 0 Å². The van der Waals surface area contributed by atoms with Crippen LogP contribution in [0.4, 0.5) is 5.69 Å². The Kier molecular flexibility index (Phi) is 4.34. The van der Waals surface area contributed by atoms with Crippen LogP contribution in [0.1, 0.15) is 10.4 Å². The van der Waals surface area contributed by atoms with Crippen LogP contribution in [0.25, 0.3) is 0 Å². The number of hydrogen-bond acceptors (Lipinski definition) is 4. The van der Waals surface area contributed by atoms with Crippen molar-refractivity contribution in [2.75, 3.05) is 12.3 Å². The molecular weight excluding hydrogens is 256 g/mol. The van der Waals surface area contributed by atoms with Gasteiger partial charge in [0, 0.05) is 17.3 Å². The lowest BCUT2D eigenvalue weighted by Crippen LogP contribution is -2.34. The Bertz CT molecular complexity index is 612. The van der Waals surface area contributed by atoms with Gasteiger partial charge in [0.25, 0.3) is 11.8 Å². The van der Waals surface area contributed by atoms with Crippen molar-refractivity contribution < 1.29 is 14.3 Å². The van der Waals surface area contributed by atoms with Gasteiger partial charge in [0.2, 0.25) is 0 Å². The summed E-state index contributed by atoms with van der Waals surface area (Å²) >= 11 is 0. The standard InChI is InChI=1S/C15H14N2O3/c16-12-7-4-8-13(9-12)20-10-14(18)17-15(19)11-5-2-1-3-6-11/h1-9H,10,16H2,(H,17,18,19). The highest BCUT2D eigenvalue weighted by atomic mass is 16.5. The van der Waals surface area contributed by atoms with E-state index >= 15 is 0 Å². The molecule has 0 saturated carbocycles. The van der Waals surface area contributed by atoms with Crippen molar-refractivity contribution in [2.45, 2.75) is 0 Å². The zero-order valence-electron chi connectivity index (χ0n) is 10.7. The Morgan fingerprint density at radius 2 is 1.80 bits per heavy atom. The van der Waals surface area contributed by atoms with Crippen molar-refractivity contribution in [3.63, 3.8) is 0 Å². The molecule has 0 heterocycles. The van der Waals surface area contributed by atoms with Gasteiger partial charge in [-0.05, 0) is 24.3 Å². The number of benzene rings is 2. The van der Waals surface area contributed by atoms with Gasteiger partial charge in [-0.3, -0.25) is 14.9 Å². The van der Waals surface area contributed by atoms with Crippen LogP contribution >= 0.6 is 0 Å². The number of rotatable bonds is 4. The molecule has 0 atom stereocenters. The highest BCUT2D eigenvalue weighted by molar-refractivity contribution is 6.05. The first-order valence-electron chi connectivity index (χ1n) is 6.03.